The van der Waals surface area contributed by atoms with Gasteiger partial charge in [-0.1, -0.05) is 0 Å². The molecule has 3 rings (SSSR count). The van der Waals surface area contributed by atoms with E-state index in [1.165, 1.54) is 4.90 Å². The van der Waals surface area contributed by atoms with E-state index in [4.69, 9.17) is 16.6 Å². The Morgan fingerprint density at radius 3 is 2.95 bits per heavy atom. The molecule has 0 aromatic carbocycles. The number of carbonyl (C=O) groups is 1. The third kappa shape index (κ3) is 2.59. The molecule has 1 saturated heterocycles. The summed E-state index contributed by atoms with van der Waals surface area (Å²) in [6, 6.07) is 5.49. The summed E-state index contributed by atoms with van der Waals surface area (Å²) in [6.07, 6.45) is 3.32. The van der Waals surface area contributed by atoms with E-state index in [1.54, 1.807) is 23.1 Å². The van der Waals surface area contributed by atoms with Crippen molar-refractivity contribution in [2.45, 2.75) is 13.5 Å². The highest BCUT2D eigenvalue weighted by Crippen LogP contribution is 2.17. The van der Waals surface area contributed by atoms with Gasteiger partial charge in [0.15, 0.2) is 5.11 Å². The standard InChI is InChI=1S/C14H14N4O2S/c1-9-6-10(17(2)16-9)7-12-13(19)18(14(21)15-12)8-11-4-3-5-20-11/h3-7H,8H2,1-2H3,(H,15,21)/b12-7+. The fourth-order valence-corrected chi connectivity index (χ4v) is 2.44. The molecule has 1 N–H and O–H groups in total. The molecule has 1 aliphatic rings. The fraction of sp³-hybridized carbons (Fsp3) is 0.214. The molecular formula is C14H14N4O2S. The summed E-state index contributed by atoms with van der Waals surface area (Å²) >= 11 is 5.21. The van der Waals surface area contributed by atoms with Crippen molar-refractivity contribution in [3.8, 4) is 0 Å². The number of amides is 1. The lowest BCUT2D eigenvalue weighted by atomic mass is 10.3. The normalized spacial score (nSPS) is 16.9. The molecule has 3 heterocycles. The summed E-state index contributed by atoms with van der Waals surface area (Å²) in [5.41, 5.74) is 2.17. The van der Waals surface area contributed by atoms with Crippen LogP contribution >= 0.6 is 12.2 Å². The van der Waals surface area contributed by atoms with Gasteiger partial charge in [-0.05, 0) is 43.4 Å². The molecule has 1 fully saturated rings. The molecule has 1 amide bonds. The number of aromatic nitrogens is 2. The lowest BCUT2D eigenvalue weighted by molar-refractivity contribution is -0.122. The zero-order chi connectivity index (χ0) is 15.0. The molecule has 6 nitrogen and oxygen atoms in total. The van der Waals surface area contributed by atoms with Crippen molar-refractivity contribution in [3.05, 3.63) is 47.3 Å². The highest BCUT2D eigenvalue weighted by atomic mass is 32.1. The van der Waals surface area contributed by atoms with Crippen molar-refractivity contribution >= 4 is 29.3 Å². The van der Waals surface area contributed by atoms with Crippen LogP contribution in [0.25, 0.3) is 6.08 Å². The Hall–Kier alpha value is -2.41. The van der Waals surface area contributed by atoms with Crippen LogP contribution in [0.4, 0.5) is 0 Å². The van der Waals surface area contributed by atoms with Gasteiger partial charge < -0.3 is 9.73 Å². The molecule has 0 spiro atoms. The molecule has 0 aliphatic carbocycles. The lowest BCUT2D eigenvalue weighted by Gasteiger charge is -2.11. The average Bonchev–Trinajstić information content (AvgIpc) is 3.10. The molecule has 0 atom stereocenters. The van der Waals surface area contributed by atoms with Crippen molar-refractivity contribution in [1.82, 2.24) is 20.0 Å². The van der Waals surface area contributed by atoms with Gasteiger partial charge in [0.2, 0.25) is 0 Å². The van der Waals surface area contributed by atoms with Crippen molar-refractivity contribution in [2.24, 2.45) is 7.05 Å². The van der Waals surface area contributed by atoms with Crippen molar-refractivity contribution in [2.75, 3.05) is 0 Å². The van der Waals surface area contributed by atoms with E-state index in [1.807, 2.05) is 26.1 Å². The van der Waals surface area contributed by atoms with Crippen molar-refractivity contribution in [1.29, 1.82) is 0 Å². The maximum atomic E-state index is 12.4. The molecule has 21 heavy (non-hydrogen) atoms. The van der Waals surface area contributed by atoms with Crippen LogP contribution in [-0.2, 0) is 18.4 Å². The monoisotopic (exact) mass is 302 g/mol. The van der Waals surface area contributed by atoms with E-state index in [-0.39, 0.29) is 5.91 Å². The number of hydrogen-bond acceptors (Lipinski definition) is 4. The maximum absolute atomic E-state index is 12.4. The van der Waals surface area contributed by atoms with Gasteiger partial charge in [-0.2, -0.15) is 5.10 Å². The van der Waals surface area contributed by atoms with Crippen LogP contribution in [0.2, 0.25) is 0 Å². The summed E-state index contributed by atoms with van der Waals surface area (Å²) < 4.78 is 6.97. The summed E-state index contributed by atoms with van der Waals surface area (Å²) in [6.45, 7) is 2.22. The minimum atomic E-state index is -0.171. The molecule has 0 bridgehead atoms. The van der Waals surface area contributed by atoms with E-state index < -0.39 is 0 Å². The topological polar surface area (TPSA) is 63.3 Å². The van der Waals surface area contributed by atoms with Gasteiger partial charge in [0, 0.05) is 7.05 Å². The van der Waals surface area contributed by atoms with Crippen LogP contribution in [0.15, 0.2) is 34.6 Å². The van der Waals surface area contributed by atoms with Gasteiger partial charge in [0.1, 0.15) is 11.5 Å². The number of nitrogens with zero attached hydrogens (tertiary/aromatic N) is 3. The highest BCUT2D eigenvalue weighted by Gasteiger charge is 2.31. The van der Waals surface area contributed by atoms with E-state index in [0.717, 1.165) is 11.4 Å². The quantitative estimate of drug-likeness (QED) is 0.689. The first-order valence-corrected chi connectivity index (χ1v) is 6.83. The van der Waals surface area contributed by atoms with Gasteiger partial charge in [0.25, 0.3) is 5.91 Å². The Morgan fingerprint density at radius 2 is 2.33 bits per heavy atom. The first-order chi connectivity index (χ1) is 10.0. The SMILES string of the molecule is Cc1cc(/C=C2/NC(=S)N(Cc3ccco3)C2=O)n(C)n1. The molecule has 108 valence electrons. The number of rotatable bonds is 3. The Bertz CT molecular complexity index is 730. The number of thiocarbonyl (C=S) groups is 1. The third-order valence-electron chi connectivity index (χ3n) is 3.19. The number of hydrogen-bond donors (Lipinski definition) is 1. The number of carbonyl (C=O) groups excluding carboxylic acids is 1. The van der Waals surface area contributed by atoms with Gasteiger partial charge in [-0.25, -0.2) is 0 Å². The van der Waals surface area contributed by atoms with Crippen molar-refractivity contribution < 1.29 is 9.21 Å². The van der Waals surface area contributed by atoms with Gasteiger partial charge in [-0.3, -0.25) is 14.4 Å². The smallest absolute Gasteiger partial charge is 0.277 e. The summed E-state index contributed by atoms with van der Waals surface area (Å²) in [5.74, 6) is 0.514. The Labute approximate surface area is 127 Å². The summed E-state index contributed by atoms with van der Waals surface area (Å²) in [5, 5.41) is 7.56. The van der Waals surface area contributed by atoms with Crippen molar-refractivity contribution in [3.63, 3.8) is 0 Å². The van der Waals surface area contributed by atoms with Gasteiger partial charge in [0.05, 0.1) is 24.2 Å². The molecule has 0 radical (unpaired) electrons. The third-order valence-corrected chi connectivity index (χ3v) is 3.51. The minimum absolute atomic E-state index is 0.171. The molecule has 7 heteroatoms. The molecule has 0 saturated carbocycles. The first kappa shape index (κ1) is 13.6. The molecule has 1 aliphatic heterocycles. The summed E-state index contributed by atoms with van der Waals surface area (Å²) in [7, 11) is 1.83. The van der Waals surface area contributed by atoms with E-state index in [2.05, 4.69) is 10.4 Å². The Morgan fingerprint density at radius 1 is 1.52 bits per heavy atom. The molecule has 0 unspecified atom stereocenters. The second-order valence-electron chi connectivity index (χ2n) is 4.79. The Kier molecular flexibility index (Phi) is 3.34. The molecule has 2 aromatic heterocycles. The predicted molar refractivity (Wildman–Crippen MR) is 80.9 cm³/mol. The minimum Gasteiger partial charge on any atom is -0.467 e. The average molecular weight is 302 g/mol. The Balaban J connectivity index is 1.84. The summed E-state index contributed by atoms with van der Waals surface area (Å²) in [4.78, 5) is 13.9. The second-order valence-corrected chi connectivity index (χ2v) is 5.18. The second kappa shape index (κ2) is 5.17. The first-order valence-electron chi connectivity index (χ1n) is 6.42. The van der Waals surface area contributed by atoms with E-state index in [0.29, 0.717) is 23.1 Å². The van der Waals surface area contributed by atoms with Crippen LogP contribution < -0.4 is 5.32 Å². The molecular weight excluding hydrogens is 288 g/mol. The fourth-order valence-electron chi connectivity index (χ4n) is 2.19. The predicted octanol–water partition coefficient (Wildman–Crippen LogP) is 1.58. The van der Waals surface area contributed by atoms with Crippen LogP contribution in [0.1, 0.15) is 17.1 Å². The van der Waals surface area contributed by atoms with E-state index in [9.17, 15) is 4.79 Å². The largest absolute Gasteiger partial charge is 0.467 e. The number of aryl methyl sites for hydroxylation is 2. The highest BCUT2D eigenvalue weighted by molar-refractivity contribution is 7.80. The number of furan rings is 1. The lowest BCUT2D eigenvalue weighted by Crippen LogP contribution is -2.29. The number of nitrogens with one attached hydrogen (secondary N) is 1. The van der Waals surface area contributed by atoms with Crippen LogP contribution in [0.3, 0.4) is 0 Å². The van der Waals surface area contributed by atoms with Gasteiger partial charge >= 0.3 is 0 Å². The van der Waals surface area contributed by atoms with Crippen LogP contribution in [0.5, 0.6) is 0 Å². The molecule has 2 aromatic rings. The van der Waals surface area contributed by atoms with E-state index >= 15 is 0 Å². The van der Waals surface area contributed by atoms with Gasteiger partial charge in [-0.15, -0.1) is 0 Å². The van der Waals surface area contributed by atoms with Crippen LogP contribution in [-0.4, -0.2) is 25.7 Å². The maximum Gasteiger partial charge on any atom is 0.277 e. The zero-order valence-electron chi connectivity index (χ0n) is 11.7. The zero-order valence-corrected chi connectivity index (χ0v) is 12.5. The van der Waals surface area contributed by atoms with Crippen LogP contribution in [0, 0.1) is 6.92 Å².